The third-order valence-corrected chi connectivity index (χ3v) is 2.48. The highest BCUT2D eigenvalue weighted by Crippen LogP contribution is 2.02. The molecule has 2 heterocycles. The Morgan fingerprint density at radius 1 is 1.29 bits per heavy atom. The molecule has 0 unspecified atom stereocenters. The van der Waals surface area contributed by atoms with Crippen molar-refractivity contribution in [2.75, 3.05) is 6.61 Å². The minimum Gasteiger partial charge on any atom is -0.459 e. The number of nitrogens with one attached hydrogen (secondary N) is 1. The van der Waals surface area contributed by atoms with Crippen LogP contribution in [-0.4, -0.2) is 29.4 Å². The zero-order valence-corrected chi connectivity index (χ0v) is 11.2. The summed E-state index contributed by atoms with van der Waals surface area (Å²) < 4.78 is 9.60. The number of carbonyl (C=O) groups is 3. The summed E-state index contributed by atoms with van der Waals surface area (Å²) in [4.78, 5) is 38.5. The SMILES string of the molecule is Cc1ccc(C(=O)OCC(=O)NC(=O)c2ccco2)cn1. The van der Waals surface area contributed by atoms with Crippen molar-refractivity contribution in [3.63, 3.8) is 0 Å². The molecule has 0 aliphatic rings. The molecule has 0 aromatic carbocycles. The van der Waals surface area contributed by atoms with Gasteiger partial charge in [0.05, 0.1) is 11.8 Å². The Morgan fingerprint density at radius 2 is 2.10 bits per heavy atom. The molecule has 0 atom stereocenters. The van der Waals surface area contributed by atoms with Crippen LogP contribution in [0.2, 0.25) is 0 Å². The van der Waals surface area contributed by atoms with Gasteiger partial charge >= 0.3 is 5.97 Å². The third-order valence-electron chi connectivity index (χ3n) is 2.48. The van der Waals surface area contributed by atoms with E-state index in [2.05, 4.69) is 4.98 Å². The Kier molecular flexibility index (Phi) is 4.45. The van der Waals surface area contributed by atoms with Crippen molar-refractivity contribution in [1.82, 2.24) is 10.3 Å². The van der Waals surface area contributed by atoms with Crippen LogP contribution in [0, 0.1) is 6.92 Å². The summed E-state index contributed by atoms with van der Waals surface area (Å²) in [6.45, 7) is 1.21. The maximum absolute atomic E-state index is 11.6. The standard InChI is InChI=1S/C14H12N2O5/c1-9-4-5-10(7-15-9)14(19)21-8-12(17)16-13(18)11-3-2-6-20-11/h2-7H,8H2,1H3,(H,16,17,18). The zero-order valence-electron chi connectivity index (χ0n) is 11.2. The fraction of sp³-hybridized carbons (Fsp3) is 0.143. The van der Waals surface area contributed by atoms with Gasteiger partial charge in [-0.25, -0.2) is 4.79 Å². The maximum Gasteiger partial charge on any atom is 0.340 e. The number of ether oxygens (including phenoxy) is 1. The van der Waals surface area contributed by atoms with Gasteiger partial charge in [-0.3, -0.25) is 19.9 Å². The molecular weight excluding hydrogens is 276 g/mol. The number of imide groups is 1. The van der Waals surface area contributed by atoms with Crippen molar-refractivity contribution >= 4 is 17.8 Å². The summed E-state index contributed by atoms with van der Waals surface area (Å²) in [7, 11) is 0. The lowest BCUT2D eigenvalue weighted by molar-refractivity contribution is -0.123. The summed E-state index contributed by atoms with van der Waals surface area (Å²) in [5.41, 5.74) is 0.985. The molecule has 0 aliphatic carbocycles. The minimum atomic E-state index is -0.746. The number of amides is 2. The molecule has 21 heavy (non-hydrogen) atoms. The molecule has 0 spiro atoms. The summed E-state index contributed by atoms with van der Waals surface area (Å²) in [6, 6.07) is 6.12. The van der Waals surface area contributed by atoms with E-state index < -0.39 is 24.4 Å². The Morgan fingerprint density at radius 3 is 2.71 bits per heavy atom. The van der Waals surface area contributed by atoms with E-state index in [0.29, 0.717) is 0 Å². The molecule has 2 aromatic heterocycles. The van der Waals surface area contributed by atoms with Crippen LogP contribution in [0.3, 0.4) is 0 Å². The van der Waals surface area contributed by atoms with E-state index in [-0.39, 0.29) is 11.3 Å². The third kappa shape index (κ3) is 4.00. The van der Waals surface area contributed by atoms with Crippen molar-refractivity contribution in [2.24, 2.45) is 0 Å². The van der Waals surface area contributed by atoms with Gasteiger partial charge in [-0.1, -0.05) is 0 Å². The smallest absolute Gasteiger partial charge is 0.340 e. The largest absolute Gasteiger partial charge is 0.459 e. The lowest BCUT2D eigenvalue weighted by atomic mass is 10.2. The molecule has 0 aliphatic heterocycles. The number of nitrogens with zero attached hydrogens (tertiary/aromatic N) is 1. The first-order valence-electron chi connectivity index (χ1n) is 6.04. The number of hydrogen-bond donors (Lipinski definition) is 1. The number of aromatic nitrogens is 1. The van der Waals surface area contributed by atoms with E-state index in [4.69, 9.17) is 9.15 Å². The Hall–Kier alpha value is -2.96. The first kappa shape index (κ1) is 14.4. The van der Waals surface area contributed by atoms with Crippen LogP contribution in [0.25, 0.3) is 0 Å². The van der Waals surface area contributed by atoms with Crippen molar-refractivity contribution in [3.05, 3.63) is 53.7 Å². The number of aryl methyl sites for hydroxylation is 1. The molecule has 0 bridgehead atoms. The van der Waals surface area contributed by atoms with Gasteiger partial charge in [-0.05, 0) is 31.2 Å². The quantitative estimate of drug-likeness (QED) is 0.846. The Bertz CT molecular complexity index is 647. The van der Waals surface area contributed by atoms with Gasteiger partial charge in [0.15, 0.2) is 12.4 Å². The van der Waals surface area contributed by atoms with E-state index in [0.717, 1.165) is 5.69 Å². The van der Waals surface area contributed by atoms with E-state index in [9.17, 15) is 14.4 Å². The van der Waals surface area contributed by atoms with Crippen molar-refractivity contribution in [2.45, 2.75) is 6.92 Å². The average molecular weight is 288 g/mol. The van der Waals surface area contributed by atoms with Gasteiger partial charge in [-0.15, -0.1) is 0 Å². The molecular formula is C14H12N2O5. The number of esters is 1. The Labute approximate surface area is 119 Å². The molecule has 1 N–H and O–H groups in total. The number of rotatable bonds is 4. The second kappa shape index (κ2) is 6.47. The molecule has 2 aromatic rings. The minimum absolute atomic E-state index is 0.00240. The Balaban J connectivity index is 1.82. The highest BCUT2D eigenvalue weighted by Gasteiger charge is 2.15. The fourth-order valence-corrected chi connectivity index (χ4v) is 1.44. The molecule has 7 nitrogen and oxygen atoms in total. The second-order valence-corrected chi connectivity index (χ2v) is 4.12. The molecule has 2 amide bonds. The molecule has 2 rings (SSSR count). The molecule has 0 saturated heterocycles. The van der Waals surface area contributed by atoms with Crippen LogP contribution in [0.15, 0.2) is 41.1 Å². The van der Waals surface area contributed by atoms with Crippen molar-refractivity contribution < 1.29 is 23.5 Å². The number of hydrogen-bond acceptors (Lipinski definition) is 6. The number of furan rings is 1. The van der Waals surface area contributed by atoms with Gasteiger partial charge in [0.1, 0.15) is 0 Å². The topological polar surface area (TPSA) is 98.5 Å². The first-order chi connectivity index (χ1) is 10.1. The van der Waals surface area contributed by atoms with Crippen LogP contribution in [0.1, 0.15) is 26.6 Å². The molecule has 7 heteroatoms. The lowest BCUT2D eigenvalue weighted by Gasteiger charge is -2.04. The van der Waals surface area contributed by atoms with E-state index in [1.165, 1.54) is 30.7 Å². The molecule has 0 radical (unpaired) electrons. The second-order valence-electron chi connectivity index (χ2n) is 4.12. The first-order valence-corrected chi connectivity index (χ1v) is 6.04. The van der Waals surface area contributed by atoms with E-state index in [1.54, 1.807) is 13.0 Å². The fourth-order valence-electron chi connectivity index (χ4n) is 1.44. The van der Waals surface area contributed by atoms with Gasteiger partial charge < -0.3 is 9.15 Å². The van der Waals surface area contributed by atoms with Gasteiger partial charge in [0.25, 0.3) is 11.8 Å². The van der Waals surface area contributed by atoms with Crippen LogP contribution in [-0.2, 0) is 9.53 Å². The normalized spacial score (nSPS) is 9.95. The zero-order chi connectivity index (χ0) is 15.2. The van der Waals surface area contributed by atoms with E-state index >= 15 is 0 Å². The number of carbonyl (C=O) groups excluding carboxylic acids is 3. The van der Waals surface area contributed by atoms with Gasteiger partial charge in [-0.2, -0.15) is 0 Å². The molecule has 0 saturated carbocycles. The summed E-state index contributed by atoms with van der Waals surface area (Å²) in [5, 5.41) is 2.03. The van der Waals surface area contributed by atoms with Crippen LogP contribution < -0.4 is 5.32 Å². The molecule has 0 fully saturated rings. The van der Waals surface area contributed by atoms with Gasteiger partial charge in [0.2, 0.25) is 0 Å². The highest BCUT2D eigenvalue weighted by molar-refractivity contribution is 6.04. The molecule has 108 valence electrons. The summed E-state index contributed by atoms with van der Waals surface area (Å²) in [5.74, 6) is -2.14. The van der Waals surface area contributed by atoms with Gasteiger partial charge in [0, 0.05) is 11.9 Å². The monoisotopic (exact) mass is 288 g/mol. The van der Waals surface area contributed by atoms with Crippen molar-refractivity contribution in [3.8, 4) is 0 Å². The average Bonchev–Trinajstić information content (AvgIpc) is 3.00. The van der Waals surface area contributed by atoms with Crippen LogP contribution in [0.5, 0.6) is 0 Å². The highest BCUT2D eigenvalue weighted by atomic mass is 16.5. The lowest BCUT2D eigenvalue weighted by Crippen LogP contribution is -2.34. The van der Waals surface area contributed by atoms with Crippen LogP contribution in [0.4, 0.5) is 0 Å². The predicted octanol–water partition coefficient (Wildman–Crippen LogP) is 1.10. The summed E-state index contributed by atoms with van der Waals surface area (Å²) in [6.07, 6.45) is 2.66. The number of pyridine rings is 1. The summed E-state index contributed by atoms with van der Waals surface area (Å²) >= 11 is 0. The predicted molar refractivity (Wildman–Crippen MR) is 70.4 cm³/mol. The maximum atomic E-state index is 11.6. The van der Waals surface area contributed by atoms with Crippen molar-refractivity contribution in [1.29, 1.82) is 0 Å². The van der Waals surface area contributed by atoms with E-state index in [1.807, 2.05) is 5.32 Å². The van der Waals surface area contributed by atoms with Crippen LogP contribution >= 0.6 is 0 Å².